The molecule has 0 spiro atoms. The maximum atomic E-state index is 5.34. The Labute approximate surface area is 65.0 Å². The molecule has 1 rings (SSSR count). The molecule has 0 bridgehead atoms. The molecule has 1 aromatic heterocycles. The second-order valence-corrected chi connectivity index (χ2v) is 2.67. The molecule has 2 N–H and O–H groups in total. The highest BCUT2D eigenvalue weighted by Crippen LogP contribution is 2.08. The maximum Gasteiger partial charge on any atom is 0.104 e. The van der Waals surface area contributed by atoms with Crippen LogP contribution in [0.5, 0.6) is 0 Å². The van der Waals surface area contributed by atoms with Crippen LogP contribution in [0.2, 0.25) is 0 Å². The molecule has 54 valence electrons. The summed E-state index contributed by atoms with van der Waals surface area (Å²) < 4.78 is 5.05. The maximum absolute atomic E-state index is 5.34. The standard InChI is InChI=1S/C7H9NOS/c1-5-6(2-3-9-5)4-7(8)10/h2-3H,4H2,1H3,(H2,8,10). The van der Waals surface area contributed by atoms with E-state index in [9.17, 15) is 0 Å². The van der Waals surface area contributed by atoms with E-state index in [4.69, 9.17) is 22.4 Å². The second-order valence-electron chi connectivity index (χ2n) is 2.15. The minimum Gasteiger partial charge on any atom is -0.469 e. The smallest absolute Gasteiger partial charge is 0.104 e. The Kier molecular flexibility index (Phi) is 2.06. The lowest BCUT2D eigenvalue weighted by atomic mass is 10.2. The van der Waals surface area contributed by atoms with E-state index in [1.165, 1.54) is 0 Å². The van der Waals surface area contributed by atoms with E-state index in [1.54, 1.807) is 6.26 Å². The van der Waals surface area contributed by atoms with E-state index in [0.717, 1.165) is 11.3 Å². The third kappa shape index (κ3) is 1.57. The Bertz CT molecular complexity index is 242. The molecular formula is C7H9NOS. The van der Waals surface area contributed by atoms with Gasteiger partial charge in [0.05, 0.1) is 11.3 Å². The quantitative estimate of drug-likeness (QED) is 0.656. The van der Waals surface area contributed by atoms with E-state index >= 15 is 0 Å². The van der Waals surface area contributed by atoms with Gasteiger partial charge in [-0.15, -0.1) is 0 Å². The van der Waals surface area contributed by atoms with Crippen LogP contribution >= 0.6 is 12.2 Å². The fourth-order valence-corrected chi connectivity index (χ4v) is 0.938. The summed E-state index contributed by atoms with van der Waals surface area (Å²) >= 11 is 4.74. The predicted molar refractivity (Wildman–Crippen MR) is 43.9 cm³/mol. The summed E-state index contributed by atoms with van der Waals surface area (Å²) in [5.41, 5.74) is 6.42. The van der Waals surface area contributed by atoms with E-state index in [2.05, 4.69) is 0 Å². The molecule has 0 fully saturated rings. The van der Waals surface area contributed by atoms with Crippen molar-refractivity contribution in [1.82, 2.24) is 0 Å². The molecule has 1 heterocycles. The van der Waals surface area contributed by atoms with Gasteiger partial charge in [0.15, 0.2) is 0 Å². The number of thiocarbonyl (C=S) groups is 1. The van der Waals surface area contributed by atoms with Crippen LogP contribution in [-0.2, 0) is 6.42 Å². The first kappa shape index (κ1) is 7.28. The van der Waals surface area contributed by atoms with Gasteiger partial charge in [-0.3, -0.25) is 0 Å². The van der Waals surface area contributed by atoms with E-state index in [-0.39, 0.29) is 0 Å². The molecule has 0 aliphatic heterocycles. The monoisotopic (exact) mass is 155 g/mol. The Balaban J connectivity index is 2.74. The molecule has 2 nitrogen and oxygen atoms in total. The summed E-state index contributed by atoms with van der Waals surface area (Å²) in [6, 6.07) is 1.88. The van der Waals surface area contributed by atoms with Crippen LogP contribution in [0, 0.1) is 6.92 Å². The van der Waals surface area contributed by atoms with Gasteiger partial charge < -0.3 is 10.2 Å². The summed E-state index contributed by atoms with van der Waals surface area (Å²) in [4.78, 5) is 0.504. The topological polar surface area (TPSA) is 39.2 Å². The zero-order chi connectivity index (χ0) is 7.56. The molecule has 0 saturated heterocycles. The van der Waals surface area contributed by atoms with Gasteiger partial charge in [-0.25, -0.2) is 0 Å². The van der Waals surface area contributed by atoms with Crippen molar-refractivity contribution in [1.29, 1.82) is 0 Å². The highest BCUT2D eigenvalue weighted by molar-refractivity contribution is 7.80. The fourth-order valence-electron chi connectivity index (χ4n) is 0.782. The highest BCUT2D eigenvalue weighted by atomic mass is 32.1. The van der Waals surface area contributed by atoms with Gasteiger partial charge in [0.2, 0.25) is 0 Å². The summed E-state index contributed by atoms with van der Waals surface area (Å²) in [5, 5.41) is 0. The lowest BCUT2D eigenvalue weighted by molar-refractivity contribution is 0.531. The zero-order valence-corrected chi connectivity index (χ0v) is 6.57. The molecule has 0 unspecified atom stereocenters. The number of rotatable bonds is 2. The first-order chi connectivity index (χ1) is 4.70. The fraction of sp³-hybridized carbons (Fsp3) is 0.286. The van der Waals surface area contributed by atoms with Crippen molar-refractivity contribution in [2.75, 3.05) is 0 Å². The second kappa shape index (κ2) is 2.84. The van der Waals surface area contributed by atoms with Gasteiger partial charge in [-0.2, -0.15) is 0 Å². The van der Waals surface area contributed by atoms with Crippen molar-refractivity contribution in [2.24, 2.45) is 5.73 Å². The summed E-state index contributed by atoms with van der Waals surface area (Å²) in [7, 11) is 0. The van der Waals surface area contributed by atoms with Crippen molar-refractivity contribution < 1.29 is 4.42 Å². The lowest BCUT2D eigenvalue weighted by Crippen LogP contribution is -2.10. The van der Waals surface area contributed by atoms with Gasteiger partial charge in [0, 0.05) is 6.42 Å². The van der Waals surface area contributed by atoms with Gasteiger partial charge in [0.1, 0.15) is 5.76 Å². The van der Waals surface area contributed by atoms with Crippen LogP contribution in [-0.4, -0.2) is 4.99 Å². The molecular weight excluding hydrogens is 146 g/mol. The molecule has 0 aliphatic carbocycles. The molecule has 0 amide bonds. The SMILES string of the molecule is Cc1occc1CC(N)=S. The van der Waals surface area contributed by atoms with Crippen molar-refractivity contribution in [2.45, 2.75) is 13.3 Å². The lowest BCUT2D eigenvalue weighted by Gasteiger charge is -1.93. The molecule has 0 saturated carbocycles. The van der Waals surface area contributed by atoms with E-state index < -0.39 is 0 Å². The third-order valence-corrected chi connectivity index (χ3v) is 1.48. The van der Waals surface area contributed by atoms with Crippen LogP contribution in [0.15, 0.2) is 16.7 Å². The minimum absolute atomic E-state index is 0.504. The van der Waals surface area contributed by atoms with Crippen molar-refractivity contribution in [3.05, 3.63) is 23.7 Å². The van der Waals surface area contributed by atoms with E-state index in [0.29, 0.717) is 11.4 Å². The molecule has 10 heavy (non-hydrogen) atoms. The van der Waals surface area contributed by atoms with E-state index in [1.807, 2.05) is 13.0 Å². The Morgan fingerprint density at radius 1 is 1.80 bits per heavy atom. The number of furan rings is 1. The van der Waals surface area contributed by atoms with Crippen molar-refractivity contribution >= 4 is 17.2 Å². The van der Waals surface area contributed by atoms with Crippen molar-refractivity contribution in [3.63, 3.8) is 0 Å². The van der Waals surface area contributed by atoms with Crippen molar-refractivity contribution in [3.8, 4) is 0 Å². The molecule has 3 heteroatoms. The van der Waals surface area contributed by atoms with Crippen LogP contribution in [0.4, 0.5) is 0 Å². The average molecular weight is 155 g/mol. The van der Waals surface area contributed by atoms with Crippen LogP contribution in [0.1, 0.15) is 11.3 Å². The molecule has 0 aromatic carbocycles. The average Bonchev–Trinajstić information content (AvgIpc) is 2.15. The van der Waals surface area contributed by atoms with Gasteiger partial charge in [-0.1, -0.05) is 12.2 Å². The summed E-state index contributed by atoms with van der Waals surface area (Å²) in [5.74, 6) is 0.896. The minimum atomic E-state index is 0.504. The summed E-state index contributed by atoms with van der Waals surface area (Å²) in [6.45, 7) is 1.90. The first-order valence-electron chi connectivity index (χ1n) is 3.01. The Morgan fingerprint density at radius 2 is 2.50 bits per heavy atom. The Hall–Kier alpha value is -0.830. The molecule has 0 aliphatic rings. The molecule has 0 atom stereocenters. The molecule has 1 aromatic rings. The first-order valence-corrected chi connectivity index (χ1v) is 3.42. The normalized spacial score (nSPS) is 9.70. The zero-order valence-electron chi connectivity index (χ0n) is 5.76. The number of aryl methyl sites for hydroxylation is 1. The Morgan fingerprint density at radius 3 is 2.90 bits per heavy atom. The van der Waals surface area contributed by atoms with Crippen LogP contribution in [0.3, 0.4) is 0 Å². The number of nitrogens with two attached hydrogens (primary N) is 1. The molecule has 0 radical (unpaired) electrons. The predicted octanol–water partition coefficient (Wildman–Crippen LogP) is 1.42. The summed E-state index contributed by atoms with van der Waals surface area (Å²) in [6.07, 6.45) is 2.28. The highest BCUT2D eigenvalue weighted by Gasteiger charge is 2.00. The van der Waals surface area contributed by atoms with Gasteiger partial charge in [-0.05, 0) is 18.6 Å². The number of hydrogen-bond acceptors (Lipinski definition) is 2. The van der Waals surface area contributed by atoms with Crippen LogP contribution < -0.4 is 5.73 Å². The largest absolute Gasteiger partial charge is 0.469 e. The number of hydrogen-bond donors (Lipinski definition) is 1. The third-order valence-electron chi connectivity index (χ3n) is 1.33. The van der Waals surface area contributed by atoms with Gasteiger partial charge >= 0.3 is 0 Å². The van der Waals surface area contributed by atoms with Gasteiger partial charge in [0.25, 0.3) is 0 Å². The van der Waals surface area contributed by atoms with Crippen LogP contribution in [0.25, 0.3) is 0 Å².